The lowest BCUT2D eigenvalue weighted by Gasteiger charge is -2.08. The van der Waals surface area contributed by atoms with E-state index in [0.717, 1.165) is 4.88 Å². The number of rotatable bonds is 6. The summed E-state index contributed by atoms with van der Waals surface area (Å²) in [6, 6.07) is 3.78. The van der Waals surface area contributed by atoms with Crippen molar-refractivity contribution in [3.63, 3.8) is 0 Å². The molecule has 4 nitrogen and oxygen atoms in total. The van der Waals surface area contributed by atoms with E-state index in [9.17, 15) is 9.90 Å². The number of nitrogens with one attached hydrogen (secondary N) is 1. The van der Waals surface area contributed by atoms with E-state index >= 15 is 0 Å². The fourth-order valence-corrected chi connectivity index (χ4v) is 1.74. The molecular formula is C9H14N2O2S. The van der Waals surface area contributed by atoms with Crippen molar-refractivity contribution in [1.29, 1.82) is 0 Å². The standard InChI is InChI=1S/C9H14N2O2S/c10-9(13)3-4-11-6-7(12)8-2-1-5-14-8/h1-2,5,7,11-12H,3-4,6H2,(H2,10,13). The molecule has 1 amide bonds. The quantitative estimate of drug-likeness (QED) is 0.594. The maximum absolute atomic E-state index is 10.4. The van der Waals surface area contributed by atoms with Gasteiger partial charge in [0, 0.05) is 24.4 Å². The monoisotopic (exact) mass is 214 g/mol. The highest BCUT2D eigenvalue weighted by Crippen LogP contribution is 2.17. The summed E-state index contributed by atoms with van der Waals surface area (Å²) in [5.41, 5.74) is 4.96. The fraction of sp³-hybridized carbons (Fsp3) is 0.444. The fourth-order valence-electron chi connectivity index (χ4n) is 1.03. The Hall–Kier alpha value is -0.910. The summed E-state index contributed by atoms with van der Waals surface area (Å²) in [6.45, 7) is 0.964. The molecule has 0 radical (unpaired) electrons. The normalized spacial score (nSPS) is 12.6. The Bertz CT molecular complexity index is 274. The summed E-state index contributed by atoms with van der Waals surface area (Å²) in [5.74, 6) is -0.330. The van der Waals surface area contributed by atoms with Gasteiger partial charge in [-0.2, -0.15) is 0 Å². The molecule has 5 heteroatoms. The average Bonchev–Trinajstić information content (AvgIpc) is 2.64. The molecule has 1 aromatic heterocycles. The van der Waals surface area contributed by atoms with Crippen LogP contribution in [0.1, 0.15) is 17.4 Å². The van der Waals surface area contributed by atoms with Crippen LogP contribution in [0.3, 0.4) is 0 Å². The van der Waals surface area contributed by atoms with Crippen molar-refractivity contribution in [2.45, 2.75) is 12.5 Å². The zero-order valence-corrected chi connectivity index (χ0v) is 8.59. The number of primary amides is 1. The third kappa shape index (κ3) is 3.87. The molecule has 4 N–H and O–H groups in total. The summed E-state index contributed by atoms with van der Waals surface area (Å²) in [7, 11) is 0. The zero-order chi connectivity index (χ0) is 10.4. The van der Waals surface area contributed by atoms with Crippen molar-refractivity contribution >= 4 is 17.2 Å². The van der Waals surface area contributed by atoms with E-state index in [4.69, 9.17) is 5.73 Å². The molecule has 0 saturated carbocycles. The largest absolute Gasteiger partial charge is 0.386 e. The predicted octanol–water partition coefficient (Wildman–Crippen LogP) is 0.247. The Labute approximate surface area is 86.7 Å². The molecule has 0 fully saturated rings. The molecule has 78 valence electrons. The summed E-state index contributed by atoms with van der Waals surface area (Å²) in [4.78, 5) is 11.3. The highest BCUT2D eigenvalue weighted by Gasteiger charge is 2.07. The van der Waals surface area contributed by atoms with Crippen LogP contribution in [0.2, 0.25) is 0 Å². The van der Waals surface area contributed by atoms with Gasteiger partial charge in [-0.1, -0.05) is 6.07 Å². The van der Waals surface area contributed by atoms with Crippen LogP contribution in [0, 0.1) is 0 Å². The molecule has 0 aliphatic rings. The van der Waals surface area contributed by atoms with Gasteiger partial charge in [0.25, 0.3) is 0 Å². The first kappa shape index (κ1) is 11.2. The van der Waals surface area contributed by atoms with Gasteiger partial charge in [-0.05, 0) is 11.4 Å². The van der Waals surface area contributed by atoms with Crippen LogP contribution in [0.4, 0.5) is 0 Å². The maximum Gasteiger partial charge on any atom is 0.218 e. The van der Waals surface area contributed by atoms with Gasteiger partial charge in [0.2, 0.25) is 5.91 Å². The van der Waals surface area contributed by atoms with Crippen molar-refractivity contribution in [2.24, 2.45) is 5.73 Å². The smallest absolute Gasteiger partial charge is 0.218 e. The Morgan fingerprint density at radius 1 is 1.71 bits per heavy atom. The van der Waals surface area contributed by atoms with E-state index in [1.807, 2.05) is 17.5 Å². The van der Waals surface area contributed by atoms with Gasteiger partial charge in [0.05, 0.1) is 0 Å². The van der Waals surface area contributed by atoms with Gasteiger partial charge >= 0.3 is 0 Å². The molecular weight excluding hydrogens is 200 g/mol. The number of nitrogens with two attached hydrogens (primary N) is 1. The maximum atomic E-state index is 10.4. The Morgan fingerprint density at radius 3 is 3.07 bits per heavy atom. The summed E-state index contributed by atoms with van der Waals surface area (Å²) in [6.07, 6.45) is -0.195. The Kier molecular flexibility index (Phi) is 4.58. The number of amides is 1. The molecule has 0 spiro atoms. The molecule has 0 saturated heterocycles. The van der Waals surface area contributed by atoms with Crippen molar-refractivity contribution in [1.82, 2.24) is 5.32 Å². The first-order valence-corrected chi connectivity index (χ1v) is 5.28. The SMILES string of the molecule is NC(=O)CCNCC(O)c1cccs1. The first-order valence-electron chi connectivity index (χ1n) is 4.40. The van der Waals surface area contributed by atoms with Gasteiger partial charge in [-0.3, -0.25) is 4.79 Å². The number of carbonyl (C=O) groups excluding carboxylic acids is 1. The molecule has 1 unspecified atom stereocenters. The predicted molar refractivity (Wildman–Crippen MR) is 56.0 cm³/mol. The third-order valence-corrected chi connectivity index (χ3v) is 2.73. The first-order chi connectivity index (χ1) is 6.70. The molecule has 1 atom stereocenters. The van der Waals surface area contributed by atoms with Crippen LogP contribution in [-0.2, 0) is 4.79 Å². The number of hydrogen-bond acceptors (Lipinski definition) is 4. The summed E-state index contributed by atoms with van der Waals surface area (Å²) in [5, 5.41) is 14.5. The molecule has 0 bridgehead atoms. The number of thiophene rings is 1. The number of carbonyl (C=O) groups is 1. The van der Waals surface area contributed by atoms with E-state index in [2.05, 4.69) is 5.32 Å². The van der Waals surface area contributed by atoms with Crippen molar-refractivity contribution in [3.05, 3.63) is 22.4 Å². The van der Waals surface area contributed by atoms with Crippen LogP contribution in [0.15, 0.2) is 17.5 Å². The second kappa shape index (κ2) is 5.74. The van der Waals surface area contributed by atoms with Gasteiger partial charge in [-0.25, -0.2) is 0 Å². The zero-order valence-electron chi connectivity index (χ0n) is 7.77. The Morgan fingerprint density at radius 2 is 2.50 bits per heavy atom. The highest BCUT2D eigenvalue weighted by molar-refractivity contribution is 7.10. The minimum Gasteiger partial charge on any atom is -0.386 e. The average molecular weight is 214 g/mol. The summed E-state index contributed by atoms with van der Waals surface area (Å²) >= 11 is 1.51. The number of aliphatic hydroxyl groups excluding tert-OH is 1. The van der Waals surface area contributed by atoms with Crippen LogP contribution >= 0.6 is 11.3 Å². The minimum absolute atomic E-state index is 0.303. The summed E-state index contributed by atoms with van der Waals surface area (Å²) < 4.78 is 0. The lowest BCUT2D eigenvalue weighted by atomic mass is 10.3. The lowest BCUT2D eigenvalue weighted by Crippen LogP contribution is -2.25. The number of hydrogen-bond donors (Lipinski definition) is 3. The van der Waals surface area contributed by atoms with Gasteiger partial charge in [-0.15, -0.1) is 11.3 Å². The van der Waals surface area contributed by atoms with E-state index in [0.29, 0.717) is 19.5 Å². The molecule has 0 aromatic carbocycles. The van der Waals surface area contributed by atoms with E-state index in [-0.39, 0.29) is 5.91 Å². The van der Waals surface area contributed by atoms with E-state index < -0.39 is 6.10 Å². The highest BCUT2D eigenvalue weighted by atomic mass is 32.1. The lowest BCUT2D eigenvalue weighted by molar-refractivity contribution is -0.117. The molecule has 0 aliphatic carbocycles. The topological polar surface area (TPSA) is 75.4 Å². The molecule has 0 aliphatic heterocycles. The van der Waals surface area contributed by atoms with Crippen molar-refractivity contribution in [2.75, 3.05) is 13.1 Å². The number of aliphatic hydroxyl groups is 1. The second-order valence-electron chi connectivity index (χ2n) is 2.95. The second-order valence-corrected chi connectivity index (χ2v) is 3.93. The minimum atomic E-state index is -0.497. The van der Waals surface area contributed by atoms with Crippen LogP contribution in [0.5, 0.6) is 0 Å². The van der Waals surface area contributed by atoms with Crippen LogP contribution in [-0.4, -0.2) is 24.1 Å². The molecule has 1 aromatic rings. The van der Waals surface area contributed by atoms with Crippen LogP contribution < -0.4 is 11.1 Å². The van der Waals surface area contributed by atoms with Crippen LogP contribution in [0.25, 0.3) is 0 Å². The van der Waals surface area contributed by atoms with Crippen molar-refractivity contribution in [3.8, 4) is 0 Å². The van der Waals surface area contributed by atoms with E-state index in [1.54, 1.807) is 0 Å². The van der Waals surface area contributed by atoms with Gasteiger partial charge in [0.1, 0.15) is 6.10 Å². The van der Waals surface area contributed by atoms with Gasteiger partial charge < -0.3 is 16.2 Å². The molecule has 1 rings (SSSR count). The Balaban J connectivity index is 2.16. The van der Waals surface area contributed by atoms with Crippen molar-refractivity contribution < 1.29 is 9.90 Å². The van der Waals surface area contributed by atoms with Gasteiger partial charge in [0.15, 0.2) is 0 Å². The van der Waals surface area contributed by atoms with E-state index in [1.165, 1.54) is 11.3 Å². The molecule has 1 heterocycles. The third-order valence-electron chi connectivity index (χ3n) is 1.76. The molecule has 14 heavy (non-hydrogen) atoms.